The van der Waals surface area contributed by atoms with Gasteiger partial charge in [-0.15, -0.1) is 0 Å². The quantitative estimate of drug-likeness (QED) is 0.452. The zero-order valence-electron chi connectivity index (χ0n) is 21.2. The fraction of sp³-hybridized carbons (Fsp3) is 0.423. The largest absolute Gasteiger partial charge is 0.493 e. The number of methoxy groups -OCH3 is 1. The smallest absolute Gasteiger partial charge is 0.412 e. The molecule has 0 radical (unpaired) electrons. The van der Waals surface area contributed by atoms with Crippen LogP contribution < -0.4 is 25.6 Å². The highest BCUT2D eigenvalue weighted by atomic mass is 16.6. The maximum absolute atomic E-state index is 12.5. The van der Waals surface area contributed by atoms with Crippen LogP contribution in [0, 0.1) is 5.92 Å². The van der Waals surface area contributed by atoms with Crippen LogP contribution in [0.3, 0.4) is 0 Å². The van der Waals surface area contributed by atoms with Gasteiger partial charge in [0.2, 0.25) is 5.91 Å². The minimum atomic E-state index is -0.596. The first-order chi connectivity index (χ1) is 16.5. The Kier molecular flexibility index (Phi) is 9.93. The van der Waals surface area contributed by atoms with Crippen molar-refractivity contribution in [2.24, 2.45) is 5.92 Å². The average Bonchev–Trinajstić information content (AvgIpc) is 2.77. The van der Waals surface area contributed by atoms with E-state index in [2.05, 4.69) is 30.0 Å². The third-order valence-corrected chi connectivity index (χ3v) is 4.66. The summed E-state index contributed by atoms with van der Waals surface area (Å²) in [5.41, 5.74) is 5.77. The molecule has 0 heterocycles. The third-order valence-electron chi connectivity index (χ3n) is 4.66. The first-order valence-corrected chi connectivity index (χ1v) is 11.5. The lowest BCUT2D eigenvalue weighted by Gasteiger charge is -2.19. The summed E-state index contributed by atoms with van der Waals surface area (Å²) in [5, 5.41) is 2.63. The number of anilines is 1. The van der Waals surface area contributed by atoms with Gasteiger partial charge in [0.05, 0.1) is 20.1 Å². The Labute approximate surface area is 206 Å². The Bertz CT molecular complexity index is 1010. The zero-order valence-corrected chi connectivity index (χ0v) is 21.2. The second kappa shape index (κ2) is 12.6. The van der Waals surface area contributed by atoms with Crippen molar-refractivity contribution in [1.82, 2.24) is 10.9 Å². The van der Waals surface area contributed by atoms with E-state index in [9.17, 15) is 14.4 Å². The van der Waals surface area contributed by atoms with Crippen LogP contribution in [0.1, 0.15) is 57.0 Å². The second-order valence-corrected chi connectivity index (χ2v) is 9.40. The van der Waals surface area contributed by atoms with Gasteiger partial charge in [-0.05, 0) is 69.0 Å². The molecule has 0 aliphatic carbocycles. The molecule has 3 N–H and O–H groups in total. The summed E-state index contributed by atoms with van der Waals surface area (Å²) in [6.07, 6.45) is 0.386. The lowest BCUT2D eigenvalue weighted by Crippen LogP contribution is -2.42. The highest BCUT2D eigenvalue weighted by Crippen LogP contribution is 2.28. The normalized spacial score (nSPS) is 10.9. The van der Waals surface area contributed by atoms with Gasteiger partial charge in [-0.2, -0.15) is 0 Å². The lowest BCUT2D eigenvalue weighted by molar-refractivity contribution is -0.121. The van der Waals surface area contributed by atoms with Gasteiger partial charge in [0.1, 0.15) is 5.60 Å². The Morgan fingerprint density at radius 3 is 2.23 bits per heavy atom. The fourth-order valence-corrected chi connectivity index (χ4v) is 2.89. The zero-order chi connectivity index (χ0) is 26.0. The highest BCUT2D eigenvalue weighted by Gasteiger charge is 2.16. The second-order valence-electron chi connectivity index (χ2n) is 9.40. The molecule has 0 saturated heterocycles. The van der Waals surface area contributed by atoms with Crippen LogP contribution in [0.2, 0.25) is 0 Å². The van der Waals surface area contributed by atoms with Crippen molar-refractivity contribution >= 4 is 23.6 Å². The van der Waals surface area contributed by atoms with Crippen LogP contribution in [0.4, 0.5) is 10.5 Å². The van der Waals surface area contributed by atoms with Crippen molar-refractivity contribution in [2.75, 3.05) is 19.0 Å². The third kappa shape index (κ3) is 9.95. The first-order valence-electron chi connectivity index (χ1n) is 11.5. The molecule has 0 aliphatic rings. The molecule has 0 aromatic heterocycles. The van der Waals surface area contributed by atoms with E-state index < -0.39 is 23.5 Å². The number of nitrogens with one attached hydrogen (secondary N) is 3. The number of ether oxygens (including phenoxy) is 3. The minimum absolute atomic E-state index is 0.0406. The predicted molar refractivity (Wildman–Crippen MR) is 134 cm³/mol. The van der Waals surface area contributed by atoms with Crippen LogP contribution in [0.5, 0.6) is 11.5 Å². The van der Waals surface area contributed by atoms with Gasteiger partial charge in [-0.25, -0.2) is 4.79 Å². The molecule has 2 aromatic carbocycles. The van der Waals surface area contributed by atoms with E-state index in [0.717, 1.165) is 6.42 Å². The van der Waals surface area contributed by atoms with Crippen LogP contribution in [0.25, 0.3) is 0 Å². The molecule has 0 atom stereocenters. The summed E-state index contributed by atoms with van der Waals surface area (Å²) in [6, 6.07) is 11.6. The molecule has 9 nitrogen and oxygen atoms in total. The molecule has 0 spiro atoms. The van der Waals surface area contributed by atoms with Gasteiger partial charge in [-0.3, -0.25) is 25.8 Å². The van der Waals surface area contributed by atoms with Crippen molar-refractivity contribution in [1.29, 1.82) is 0 Å². The van der Waals surface area contributed by atoms with Gasteiger partial charge in [0.15, 0.2) is 11.5 Å². The SMILES string of the molecule is COc1cc(C(=O)NNC(=O)Cc2ccc(NC(=O)OC(C)(C)C)cc2)ccc1OCCC(C)C. The van der Waals surface area contributed by atoms with Gasteiger partial charge >= 0.3 is 6.09 Å². The van der Waals surface area contributed by atoms with Gasteiger partial charge in [0.25, 0.3) is 5.91 Å². The van der Waals surface area contributed by atoms with E-state index in [1.165, 1.54) is 7.11 Å². The highest BCUT2D eigenvalue weighted by molar-refractivity contribution is 5.96. The minimum Gasteiger partial charge on any atom is -0.493 e. The summed E-state index contributed by atoms with van der Waals surface area (Å²) in [5.74, 6) is 0.627. The van der Waals surface area contributed by atoms with Crippen LogP contribution in [-0.2, 0) is 16.0 Å². The van der Waals surface area contributed by atoms with E-state index in [0.29, 0.717) is 40.8 Å². The van der Waals surface area contributed by atoms with E-state index in [1.807, 2.05) is 0 Å². The molecule has 0 saturated carbocycles. The molecular weight excluding hydrogens is 450 g/mol. The molecule has 0 unspecified atom stereocenters. The van der Waals surface area contributed by atoms with E-state index in [1.54, 1.807) is 63.2 Å². The number of amides is 3. The van der Waals surface area contributed by atoms with E-state index >= 15 is 0 Å². The molecule has 35 heavy (non-hydrogen) atoms. The standard InChI is InChI=1S/C26H35N3O6/c1-17(2)13-14-34-21-12-9-19(16-22(21)33-6)24(31)29-28-23(30)15-18-7-10-20(11-8-18)27-25(32)35-26(3,4)5/h7-12,16-17H,13-15H2,1-6H3,(H,27,32)(H,28,30)(H,29,31). The van der Waals surface area contributed by atoms with Crippen molar-refractivity contribution < 1.29 is 28.6 Å². The lowest BCUT2D eigenvalue weighted by atomic mass is 10.1. The summed E-state index contributed by atoms with van der Waals surface area (Å²) in [7, 11) is 1.50. The number of hydrogen-bond acceptors (Lipinski definition) is 6. The predicted octanol–water partition coefficient (Wildman–Crippen LogP) is 4.47. The van der Waals surface area contributed by atoms with Crippen molar-refractivity contribution in [3.63, 3.8) is 0 Å². The molecule has 2 aromatic rings. The number of carbonyl (C=O) groups excluding carboxylic acids is 3. The van der Waals surface area contributed by atoms with Crippen LogP contribution in [-0.4, -0.2) is 37.2 Å². The van der Waals surface area contributed by atoms with Gasteiger partial charge in [0, 0.05) is 11.3 Å². The van der Waals surface area contributed by atoms with Crippen molar-refractivity contribution in [2.45, 2.75) is 53.1 Å². The molecule has 190 valence electrons. The Hall–Kier alpha value is -3.75. The molecule has 3 amide bonds. The number of rotatable bonds is 9. The Morgan fingerprint density at radius 2 is 1.63 bits per heavy atom. The van der Waals surface area contributed by atoms with E-state index in [4.69, 9.17) is 14.2 Å². The number of hydrogen-bond donors (Lipinski definition) is 3. The topological polar surface area (TPSA) is 115 Å². The number of hydrazine groups is 1. The summed E-state index contributed by atoms with van der Waals surface area (Å²) >= 11 is 0. The summed E-state index contributed by atoms with van der Waals surface area (Å²) < 4.78 is 16.3. The number of benzene rings is 2. The summed E-state index contributed by atoms with van der Waals surface area (Å²) in [6.45, 7) is 10.1. The monoisotopic (exact) mass is 485 g/mol. The maximum Gasteiger partial charge on any atom is 0.412 e. The van der Waals surface area contributed by atoms with Crippen molar-refractivity contribution in [3.05, 3.63) is 53.6 Å². The van der Waals surface area contributed by atoms with E-state index in [-0.39, 0.29) is 6.42 Å². The van der Waals surface area contributed by atoms with Gasteiger partial charge < -0.3 is 14.2 Å². The summed E-state index contributed by atoms with van der Waals surface area (Å²) in [4.78, 5) is 36.5. The van der Waals surface area contributed by atoms with Crippen molar-refractivity contribution in [3.8, 4) is 11.5 Å². The molecule has 2 rings (SSSR count). The molecule has 0 fully saturated rings. The molecule has 0 aliphatic heterocycles. The fourth-order valence-electron chi connectivity index (χ4n) is 2.89. The Morgan fingerprint density at radius 1 is 0.943 bits per heavy atom. The Balaban J connectivity index is 1.85. The first kappa shape index (κ1) is 27.5. The van der Waals surface area contributed by atoms with Crippen LogP contribution >= 0.6 is 0 Å². The van der Waals surface area contributed by atoms with Gasteiger partial charge in [-0.1, -0.05) is 26.0 Å². The molecular formula is C26H35N3O6. The molecule has 9 heteroatoms. The average molecular weight is 486 g/mol. The molecule has 0 bridgehead atoms. The maximum atomic E-state index is 12.5. The number of carbonyl (C=O) groups is 3. The van der Waals surface area contributed by atoms with Crippen LogP contribution in [0.15, 0.2) is 42.5 Å².